The van der Waals surface area contributed by atoms with Crippen LogP contribution in [0.4, 0.5) is 0 Å². The van der Waals surface area contributed by atoms with Crippen LogP contribution in [0.5, 0.6) is 0 Å². The average molecular weight is 182 g/mol. The van der Waals surface area contributed by atoms with Gasteiger partial charge in [0.2, 0.25) is 0 Å². The molecule has 1 fully saturated rings. The van der Waals surface area contributed by atoms with Crippen LogP contribution in [0, 0.1) is 0 Å². The predicted octanol–water partition coefficient (Wildman–Crippen LogP) is 2.97. The number of rotatable bonds is 5. The number of unbranched alkanes of at least 4 members (excludes halogenated alkanes) is 1. The summed E-state index contributed by atoms with van der Waals surface area (Å²) >= 11 is 0. The molecule has 1 nitrogen and oxygen atoms in total. The first kappa shape index (κ1) is 10.8. The molecule has 0 atom stereocenters. The molecule has 1 saturated heterocycles. The number of nitrogens with zero attached hydrogens (tertiary/aromatic N) is 1. The topological polar surface area (TPSA) is 0 Å². The fourth-order valence-corrected chi connectivity index (χ4v) is 2.30. The summed E-state index contributed by atoms with van der Waals surface area (Å²) in [6, 6.07) is 0. The Hall–Kier alpha value is -0.300. The first-order valence-corrected chi connectivity index (χ1v) is 5.66. The van der Waals surface area contributed by atoms with E-state index < -0.39 is 0 Å². The third kappa shape index (κ3) is 3.51. The Labute approximate surface area is 83.0 Å². The van der Waals surface area contributed by atoms with Gasteiger partial charge in [-0.1, -0.05) is 19.9 Å². The Morgan fingerprint density at radius 1 is 1.31 bits per heavy atom. The molecular weight excluding hydrogens is 158 g/mol. The molecule has 0 aliphatic carbocycles. The Morgan fingerprint density at radius 3 is 2.46 bits per heavy atom. The number of hydrogen-bond acceptors (Lipinski definition) is 0. The summed E-state index contributed by atoms with van der Waals surface area (Å²) in [6.07, 6.45) is 6.68. The van der Waals surface area contributed by atoms with Gasteiger partial charge in [0.15, 0.2) is 0 Å². The van der Waals surface area contributed by atoms with Crippen molar-refractivity contribution in [3.8, 4) is 0 Å². The van der Waals surface area contributed by atoms with Gasteiger partial charge >= 0.3 is 0 Å². The summed E-state index contributed by atoms with van der Waals surface area (Å²) in [4.78, 5) is 0. The minimum Gasteiger partial charge on any atom is -0.323 e. The zero-order valence-corrected chi connectivity index (χ0v) is 9.31. The third-order valence-corrected chi connectivity index (χ3v) is 3.14. The van der Waals surface area contributed by atoms with Crippen LogP contribution >= 0.6 is 0 Å². The van der Waals surface area contributed by atoms with Crippen molar-refractivity contribution < 1.29 is 4.48 Å². The molecule has 0 radical (unpaired) electrons. The second kappa shape index (κ2) is 4.80. The van der Waals surface area contributed by atoms with Crippen molar-refractivity contribution >= 4 is 0 Å². The van der Waals surface area contributed by atoms with Crippen LogP contribution < -0.4 is 0 Å². The molecule has 0 N–H and O–H groups in total. The Kier molecular flexibility index (Phi) is 3.98. The van der Waals surface area contributed by atoms with Crippen molar-refractivity contribution in [1.82, 2.24) is 0 Å². The Balaban J connectivity index is 2.26. The fraction of sp³-hybridized carbons (Fsp3) is 0.833. The summed E-state index contributed by atoms with van der Waals surface area (Å²) in [7, 11) is 2.38. The van der Waals surface area contributed by atoms with Gasteiger partial charge in [0.25, 0.3) is 0 Å². The SMILES string of the molecule is C=C(CCCC)C[N+]1(C)CCCC1. The van der Waals surface area contributed by atoms with E-state index in [4.69, 9.17) is 0 Å². The molecule has 76 valence electrons. The van der Waals surface area contributed by atoms with Crippen molar-refractivity contribution in [2.45, 2.75) is 39.0 Å². The van der Waals surface area contributed by atoms with Crippen LogP contribution in [0.3, 0.4) is 0 Å². The molecule has 0 bridgehead atoms. The van der Waals surface area contributed by atoms with Gasteiger partial charge in [-0.05, 0) is 18.4 Å². The Bertz CT molecular complexity index is 166. The number of likely N-dealkylation sites (N-methyl/N-ethyl adjacent to an activating group) is 1. The maximum Gasteiger partial charge on any atom is 0.0998 e. The smallest absolute Gasteiger partial charge is 0.0998 e. The van der Waals surface area contributed by atoms with Crippen LogP contribution in [0.15, 0.2) is 12.2 Å². The van der Waals surface area contributed by atoms with Gasteiger partial charge in [0.05, 0.1) is 26.7 Å². The van der Waals surface area contributed by atoms with Crippen LogP contribution in [-0.4, -0.2) is 31.2 Å². The molecule has 0 aromatic rings. The van der Waals surface area contributed by atoms with E-state index in [0.717, 1.165) is 0 Å². The lowest BCUT2D eigenvalue weighted by Gasteiger charge is -2.30. The molecule has 0 unspecified atom stereocenters. The molecule has 0 saturated carbocycles. The van der Waals surface area contributed by atoms with Crippen molar-refractivity contribution in [3.05, 3.63) is 12.2 Å². The minimum atomic E-state index is 1.22. The van der Waals surface area contributed by atoms with Gasteiger partial charge in [-0.3, -0.25) is 0 Å². The molecule has 0 spiro atoms. The van der Waals surface area contributed by atoms with Crippen molar-refractivity contribution in [2.75, 3.05) is 26.7 Å². The second-order valence-corrected chi connectivity index (χ2v) is 4.79. The predicted molar refractivity (Wildman–Crippen MR) is 58.7 cm³/mol. The van der Waals surface area contributed by atoms with Gasteiger partial charge < -0.3 is 4.48 Å². The summed E-state index contributed by atoms with van der Waals surface area (Å²) in [6.45, 7) is 10.4. The first-order valence-electron chi connectivity index (χ1n) is 5.66. The van der Waals surface area contributed by atoms with Gasteiger partial charge in [0, 0.05) is 12.8 Å². The van der Waals surface area contributed by atoms with E-state index in [2.05, 4.69) is 20.6 Å². The highest BCUT2D eigenvalue weighted by atomic mass is 15.3. The van der Waals surface area contributed by atoms with E-state index in [1.165, 1.54) is 61.8 Å². The minimum absolute atomic E-state index is 1.22. The molecule has 1 heterocycles. The highest BCUT2D eigenvalue weighted by molar-refractivity contribution is 4.94. The van der Waals surface area contributed by atoms with Crippen LogP contribution in [0.25, 0.3) is 0 Å². The summed E-state index contributed by atoms with van der Waals surface area (Å²) in [5.41, 5.74) is 1.46. The van der Waals surface area contributed by atoms with Crippen molar-refractivity contribution in [3.63, 3.8) is 0 Å². The van der Waals surface area contributed by atoms with Crippen LogP contribution in [0.1, 0.15) is 39.0 Å². The highest BCUT2D eigenvalue weighted by Crippen LogP contribution is 2.19. The van der Waals surface area contributed by atoms with E-state index >= 15 is 0 Å². The molecular formula is C12H24N+. The summed E-state index contributed by atoms with van der Waals surface area (Å²) in [5, 5.41) is 0. The van der Waals surface area contributed by atoms with Crippen LogP contribution in [0.2, 0.25) is 0 Å². The summed E-state index contributed by atoms with van der Waals surface area (Å²) in [5.74, 6) is 0. The average Bonchev–Trinajstić information content (AvgIpc) is 2.48. The standard InChI is InChI=1S/C12H24N/c1-4-5-8-12(2)11-13(3)9-6-7-10-13/h2,4-11H2,1,3H3/q+1. The summed E-state index contributed by atoms with van der Waals surface area (Å²) < 4.78 is 1.25. The lowest BCUT2D eigenvalue weighted by atomic mass is 10.1. The van der Waals surface area contributed by atoms with Crippen LogP contribution in [-0.2, 0) is 0 Å². The fourth-order valence-electron chi connectivity index (χ4n) is 2.30. The van der Waals surface area contributed by atoms with E-state index in [0.29, 0.717) is 0 Å². The number of quaternary nitrogens is 1. The molecule has 0 amide bonds. The maximum atomic E-state index is 4.19. The molecule has 0 aromatic carbocycles. The van der Waals surface area contributed by atoms with Gasteiger partial charge in [0.1, 0.15) is 0 Å². The van der Waals surface area contributed by atoms with Gasteiger partial charge in [-0.25, -0.2) is 0 Å². The zero-order valence-electron chi connectivity index (χ0n) is 9.31. The molecule has 1 aliphatic rings. The van der Waals surface area contributed by atoms with E-state index in [1.54, 1.807) is 0 Å². The highest BCUT2D eigenvalue weighted by Gasteiger charge is 2.26. The monoisotopic (exact) mass is 182 g/mol. The normalized spacial score (nSPS) is 20.5. The Morgan fingerprint density at radius 2 is 1.92 bits per heavy atom. The number of hydrogen-bond donors (Lipinski definition) is 0. The molecule has 1 heteroatoms. The molecule has 13 heavy (non-hydrogen) atoms. The first-order chi connectivity index (χ1) is 6.16. The molecule has 0 aromatic heterocycles. The lowest BCUT2D eigenvalue weighted by Crippen LogP contribution is -2.42. The van der Waals surface area contributed by atoms with E-state index in [1.807, 2.05) is 0 Å². The van der Waals surface area contributed by atoms with Gasteiger partial charge in [-0.15, -0.1) is 0 Å². The quantitative estimate of drug-likeness (QED) is 0.453. The zero-order chi connectivity index (χ0) is 9.73. The van der Waals surface area contributed by atoms with Crippen molar-refractivity contribution in [1.29, 1.82) is 0 Å². The third-order valence-electron chi connectivity index (χ3n) is 3.14. The van der Waals surface area contributed by atoms with E-state index in [9.17, 15) is 0 Å². The lowest BCUT2D eigenvalue weighted by molar-refractivity contribution is -0.893. The second-order valence-electron chi connectivity index (χ2n) is 4.79. The maximum absolute atomic E-state index is 4.19. The van der Waals surface area contributed by atoms with E-state index in [-0.39, 0.29) is 0 Å². The molecule has 1 rings (SSSR count). The number of likely N-dealkylation sites (tertiary alicyclic amines) is 1. The van der Waals surface area contributed by atoms with Gasteiger partial charge in [-0.2, -0.15) is 0 Å². The molecule has 1 aliphatic heterocycles. The largest absolute Gasteiger partial charge is 0.323 e. The van der Waals surface area contributed by atoms with Crippen molar-refractivity contribution in [2.24, 2.45) is 0 Å².